The number of carbonyl (C=O) groups is 1. The van der Waals surface area contributed by atoms with Crippen molar-refractivity contribution >= 4 is 26.8 Å². The zero-order chi connectivity index (χ0) is 25.7. The highest BCUT2D eigenvalue weighted by Crippen LogP contribution is 2.31. The molecule has 0 atom stereocenters. The molecule has 1 aliphatic rings. The first-order valence-electron chi connectivity index (χ1n) is 10.5. The van der Waals surface area contributed by atoms with Gasteiger partial charge in [-0.2, -0.15) is 5.10 Å². The van der Waals surface area contributed by atoms with E-state index in [2.05, 4.69) is 9.84 Å². The van der Waals surface area contributed by atoms with Crippen LogP contribution >= 0.6 is 0 Å². The molecule has 1 aliphatic heterocycles. The Morgan fingerprint density at radius 3 is 2.49 bits per heavy atom. The third-order valence-corrected chi connectivity index (χ3v) is 6.09. The monoisotopic (exact) mass is 514 g/mol. The van der Waals surface area contributed by atoms with E-state index in [1.807, 2.05) is 4.90 Å². The number of halogens is 4. The van der Waals surface area contributed by atoms with Crippen LogP contribution in [0.1, 0.15) is 33.2 Å². The molecule has 0 bridgehead atoms. The van der Waals surface area contributed by atoms with Gasteiger partial charge in [0.1, 0.15) is 11.6 Å². The maximum absolute atomic E-state index is 14.7. The van der Waals surface area contributed by atoms with Gasteiger partial charge in [0.05, 0.1) is 29.1 Å². The lowest BCUT2D eigenvalue weighted by Crippen LogP contribution is -2.47. The summed E-state index contributed by atoms with van der Waals surface area (Å²) in [7, 11) is -3.86. The van der Waals surface area contributed by atoms with Gasteiger partial charge in [-0.3, -0.25) is 14.4 Å². The van der Waals surface area contributed by atoms with Gasteiger partial charge in [-0.05, 0) is 43.2 Å². The van der Waals surface area contributed by atoms with Crippen LogP contribution in [0, 0.1) is 19.7 Å². The minimum Gasteiger partial charge on any atom is -0.406 e. The summed E-state index contributed by atoms with van der Waals surface area (Å²) in [5.41, 5.74) is 1.89. The summed E-state index contributed by atoms with van der Waals surface area (Å²) >= 11 is 0. The van der Waals surface area contributed by atoms with E-state index < -0.39 is 33.7 Å². The summed E-state index contributed by atoms with van der Waals surface area (Å²) in [4.78, 5) is 14.2. The summed E-state index contributed by atoms with van der Waals surface area (Å²) in [6.07, 6.45) is -3.97. The largest absolute Gasteiger partial charge is 0.573 e. The fourth-order valence-corrected chi connectivity index (χ4v) is 4.63. The van der Waals surface area contributed by atoms with Gasteiger partial charge in [0, 0.05) is 31.1 Å². The molecule has 8 nitrogen and oxygen atoms in total. The second-order valence-corrected chi connectivity index (χ2v) is 10.4. The molecule has 1 fully saturated rings. The van der Waals surface area contributed by atoms with E-state index in [4.69, 9.17) is 0 Å². The van der Waals surface area contributed by atoms with Crippen LogP contribution in [0.5, 0.6) is 5.75 Å². The zero-order valence-electron chi connectivity index (χ0n) is 19.0. The van der Waals surface area contributed by atoms with E-state index in [0.29, 0.717) is 47.4 Å². The lowest BCUT2D eigenvalue weighted by molar-refractivity contribution is -0.274. The van der Waals surface area contributed by atoms with Gasteiger partial charge in [0.25, 0.3) is 5.91 Å². The molecule has 1 saturated heterocycles. The number of aromatic nitrogens is 2. The normalized spacial score (nSPS) is 15.3. The predicted octanol–water partition coefficient (Wildman–Crippen LogP) is 3.44. The Hall–Kier alpha value is -3.19. The molecule has 13 heteroatoms. The molecule has 2 aromatic carbocycles. The maximum Gasteiger partial charge on any atom is 0.573 e. The first-order chi connectivity index (χ1) is 16.2. The van der Waals surface area contributed by atoms with E-state index in [0.717, 1.165) is 12.3 Å². The number of hydrogen-bond donors (Lipinski definition) is 1. The Kier molecular flexibility index (Phi) is 6.26. The molecule has 4 rings (SSSR count). The fraction of sp³-hybridized carbons (Fsp3) is 0.364. The minimum absolute atomic E-state index is 0.114. The lowest BCUT2D eigenvalue weighted by Gasteiger charge is -2.39. The number of nitrogens with zero attached hydrogens (tertiary/aromatic N) is 3. The molecule has 2 heterocycles. The van der Waals surface area contributed by atoms with Crippen LogP contribution in [-0.2, 0) is 16.6 Å². The Labute approximate surface area is 198 Å². The summed E-state index contributed by atoms with van der Waals surface area (Å²) < 4.78 is 82.5. The van der Waals surface area contributed by atoms with Crippen LogP contribution in [0.15, 0.2) is 30.3 Å². The molecule has 1 amide bonds. The van der Waals surface area contributed by atoms with E-state index in [9.17, 15) is 30.8 Å². The SMILES string of the molecule is Cc1cc(CN2CC(n3nc(C)c4cc(C(=O)NS(C)(=O)=O)c(F)cc43)C2)cc(OC(F)(F)F)c1. The molecule has 0 saturated carbocycles. The van der Waals surface area contributed by atoms with Gasteiger partial charge in [0.15, 0.2) is 0 Å². The van der Waals surface area contributed by atoms with Crippen LogP contribution < -0.4 is 9.46 Å². The molecule has 188 valence electrons. The summed E-state index contributed by atoms with van der Waals surface area (Å²) in [6.45, 7) is 4.83. The van der Waals surface area contributed by atoms with Crippen molar-refractivity contribution in [2.24, 2.45) is 0 Å². The standard InChI is InChI=1S/C22H22F4N4O4S/c1-12-4-14(6-16(5-12)34-22(24,25)26)9-29-10-15(11-29)30-20-8-19(23)18(7-17(20)13(2)27-30)21(31)28-35(3,32)33/h4-8,15H,9-11H2,1-3H3,(H,28,31). The zero-order valence-corrected chi connectivity index (χ0v) is 19.8. The van der Waals surface area contributed by atoms with Crippen LogP contribution in [0.4, 0.5) is 17.6 Å². The molecule has 3 aromatic rings. The summed E-state index contributed by atoms with van der Waals surface area (Å²) in [5.74, 6) is -2.22. The van der Waals surface area contributed by atoms with Crippen LogP contribution in [0.2, 0.25) is 0 Å². The molecule has 0 aliphatic carbocycles. The highest BCUT2D eigenvalue weighted by molar-refractivity contribution is 7.89. The van der Waals surface area contributed by atoms with Crippen molar-refractivity contribution in [3.8, 4) is 5.75 Å². The molecular formula is C22H22F4N4O4S. The first-order valence-corrected chi connectivity index (χ1v) is 12.4. The van der Waals surface area contributed by atoms with Gasteiger partial charge in [-0.25, -0.2) is 17.5 Å². The van der Waals surface area contributed by atoms with Crippen molar-refractivity contribution in [2.45, 2.75) is 32.8 Å². The van der Waals surface area contributed by atoms with Gasteiger partial charge in [-0.1, -0.05) is 6.07 Å². The third kappa shape index (κ3) is 5.73. The van der Waals surface area contributed by atoms with Crippen molar-refractivity contribution in [1.82, 2.24) is 19.4 Å². The number of fused-ring (bicyclic) bond motifs is 1. The number of nitrogens with one attached hydrogen (secondary N) is 1. The van der Waals surface area contributed by atoms with E-state index in [1.165, 1.54) is 18.2 Å². The Morgan fingerprint density at radius 1 is 1.17 bits per heavy atom. The number of rotatable bonds is 6. The van der Waals surface area contributed by atoms with Gasteiger partial charge in [0.2, 0.25) is 10.0 Å². The van der Waals surface area contributed by atoms with Crippen LogP contribution in [0.25, 0.3) is 10.9 Å². The number of alkyl halides is 3. The topological polar surface area (TPSA) is 93.5 Å². The van der Waals surface area contributed by atoms with Crippen LogP contribution in [0.3, 0.4) is 0 Å². The Morgan fingerprint density at radius 2 is 1.86 bits per heavy atom. The first kappa shape index (κ1) is 24.9. The predicted molar refractivity (Wildman–Crippen MR) is 119 cm³/mol. The van der Waals surface area contributed by atoms with Crippen molar-refractivity contribution in [3.05, 3.63) is 58.5 Å². The second-order valence-electron chi connectivity index (χ2n) is 8.63. The van der Waals surface area contributed by atoms with Crippen molar-refractivity contribution in [1.29, 1.82) is 0 Å². The quantitative estimate of drug-likeness (QED) is 0.507. The van der Waals surface area contributed by atoms with Gasteiger partial charge < -0.3 is 4.74 Å². The Bertz CT molecular complexity index is 1410. The lowest BCUT2D eigenvalue weighted by atomic mass is 10.0. The smallest absolute Gasteiger partial charge is 0.406 e. The molecule has 35 heavy (non-hydrogen) atoms. The number of aryl methyl sites for hydroxylation is 2. The minimum atomic E-state index is -4.77. The second kappa shape index (κ2) is 8.79. The highest BCUT2D eigenvalue weighted by Gasteiger charge is 2.33. The average Bonchev–Trinajstić information content (AvgIpc) is 2.95. The highest BCUT2D eigenvalue weighted by atomic mass is 32.2. The van der Waals surface area contributed by atoms with Gasteiger partial charge in [-0.15, -0.1) is 13.2 Å². The van der Waals surface area contributed by atoms with E-state index >= 15 is 0 Å². The molecule has 0 radical (unpaired) electrons. The fourth-order valence-electron chi connectivity index (χ4n) is 4.18. The maximum atomic E-state index is 14.7. The number of ether oxygens (including phenoxy) is 1. The summed E-state index contributed by atoms with van der Waals surface area (Å²) in [6, 6.07) is 6.75. The Balaban J connectivity index is 1.50. The van der Waals surface area contributed by atoms with E-state index in [1.54, 1.807) is 29.3 Å². The number of benzene rings is 2. The van der Waals surface area contributed by atoms with Crippen LogP contribution in [-0.4, -0.2) is 54.7 Å². The molecular weight excluding hydrogens is 492 g/mol. The number of amides is 1. The third-order valence-electron chi connectivity index (χ3n) is 5.54. The van der Waals surface area contributed by atoms with Crippen molar-refractivity contribution in [2.75, 3.05) is 19.3 Å². The average molecular weight is 515 g/mol. The van der Waals surface area contributed by atoms with E-state index in [-0.39, 0.29) is 11.8 Å². The summed E-state index contributed by atoms with van der Waals surface area (Å²) in [5, 5.41) is 4.98. The molecule has 1 N–H and O–H groups in total. The van der Waals surface area contributed by atoms with Crippen molar-refractivity contribution in [3.63, 3.8) is 0 Å². The number of carbonyl (C=O) groups excluding carboxylic acids is 1. The molecule has 1 aromatic heterocycles. The number of hydrogen-bond acceptors (Lipinski definition) is 6. The number of likely N-dealkylation sites (tertiary alicyclic amines) is 1. The number of sulfonamides is 1. The molecule has 0 unspecified atom stereocenters. The van der Waals surface area contributed by atoms with Gasteiger partial charge >= 0.3 is 6.36 Å². The van der Waals surface area contributed by atoms with Crippen molar-refractivity contribution < 1.29 is 35.5 Å². The molecule has 0 spiro atoms.